The molecule has 40 heavy (non-hydrogen) atoms. The van der Waals surface area contributed by atoms with Gasteiger partial charge in [-0.25, -0.2) is 4.79 Å². The van der Waals surface area contributed by atoms with Crippen molar-refractivity contribution in [2.24, 2.45) is 0 Å². The number of allylic oxidation sites excluding steroid dienone is 12. The van der Waals surface area contributed by atoms with Crippen LogP contribution in [0.3, 0.4) is 0 Å². The normalized spacial score (nSPS) is 14.5. The Morgan fingerprint density at radius 1 is 0.725 bits per heavy atom. The van der Waals surface area contributed by atoms with Gasteiger partial charge in [-0.05, 0) is 44.9 Å². The number of carboxylic acids is 1. The van der Waals surface area contributed by atoms with Gasteiger partial charge < -0.3 is 28.9 Å². The maximum atomic E-state index is 11.9. The summed E-state index contributed by atoms with van der Waals surface area (Å²) in [5, 5.41) is 19.1. The Labute approximate surface area is 241 Å². The molecule has 0 aliphatic heterocycles. The number of rotatable bonds is 24. The lowest BCUT2D eigenvalue weighted by molar-refractivity contribution is -0.870. The molecule has 0 aromatic rings. The van der Waals surface area contributed by atoms with E-state index in [4.69, 9.17) is 14.2 Å². The van der Waals surface area contributed by atoms with Crippen molar-refractivity contribution < 1.29 is 38.5 Å². The van der Waals surface area contributed by atoms with Gasteiger partial charge in [0.25, 0.3) is 6.29 Å². The minimum absolute atomic E-state index is 0.195. The number of ether oxygens (including phenoxy) is 3. The van der Waals surface area contributed by atoms with Crippen LogP contribution in [0.4, 0.5) is 0 Å². The first-order valence-corrected chi connectivity index (χ1v) is 14.2. The van der Waals surface area contributed by atoms with Gasteiger partial charge in [0.05, 0.1) is 34.4 Å². The van der Waals surface area contributed by atoms with Crippen molar-refractivity contribution in [1.29, 1.82) is 0 Å². The third kappa shape index (κ3) is 26.8. The summed E-state index contributed by atoms with van der Waals surface area (Å²) in [4.78, 5) is 23.1. The third-order valence-electron chi connectivity index (χ3n) is 5.22. The number of carbonyl (C=O) groups is 2. The van der Waals surface area contributed by atoms with E-state index in [-0.39, 0.29) is 26.2 Å². The van der Waals surface area contributed by atoms with E-state index in [1.165, 1.54) is 0 Å². The average Bonchev–Trinajstić information content (AvgIpc) is 2.89. The van der Waals surface area contributed by atoms with Crippen LogP contribution < -0.4 is 0 Å². The highest BCUT2D eigenvalue weighted by atomic mass is 16.7. The van der Waals surface area contributed by atoms with E-state index in [0.717, 1.165) is 38.5 Å². The zero-order valence-corrected chi connectivity index (χ0v) is 25.0. The minimum Gasteiger partial charge on any atom is -0.477 e. The highest BCUT2D eigenvalue weighted by Gasteiger charge is 2.22. The van der Waals surface area contributed by atoms with Crippen LogP contribution in [-0.4, -0.2) is 86.5 Å². The van der Waals surface area contributed by atoms with Gasteiger partial charge in [-0.3, -0.25) is 4.79 Å². The summed E-state index contributed by atoms with van der Waals surface area (Å²) in [7, 11) is 5.88. The molecule has 0 aromatic heterocycles. The predicted molar refractivity (Wildman–Crippen MR) is 161 cm³/mol. The summed E-state index contributed by atoms with van der Waals surface area (Å²) >= 11 is 0. The topological polar surface area (TPSA) is 102 Å². The lowest BCUT2D eigenvalue weighted by Gasteiger charge is -2.24. The SMILES string of the molecule is CC/C=C\C/C=C\C/C=C\C/C=C\C/C=C\C/C=C\CCC(=O)OCC(O)COC(OCC[N+](C)(C)C)C(=O)O. The molecule has 8 heteroatoms. The van der Waals surface area contributed by atoms with Gasteiger partial charge in [-0.2, -0.15) is 0 Å². The number of aliphatic carboxylic acids is 1. The number of hydrogen-bond donors (Lipinski definition) is 2. The Morgan fingerprint density at radius 3 is 1.65 bits per heavy atom. The fourth-order valence-corrected chi connectivity index (χ4v) is 2.97. The second-order valence-electron chi connectivity index (χ2n) is 10.2. The Kier molecular flexibility index (Phi) is 23.5. The number of carbonyl (C=O) groups excluding carboxylic acids is 1. The van der Waals surface area contributed by atoms with Crippen LogP contribution in [-0.2, 0) is 23.8 Å². The molecule has 2 N–H and O–H groups in total. The first-order chi connectivity index (χ1) is 19.2. The number of aliphatic hydroxyl groups excluding tert-OH is 1. The molecule has 0 bridgehead atoms. The van der Waals surface area contributed by atoms with Gasteiger partial charge >= 0.3 is 11.9 Å². The van der Waals surface area contributed by atoms with E-state index >= 15 is 0 Å². The van der Waals surface area contributed by atoms with Crippen LogP contribution in [0.5, 0.6) is 0 Å². The number of likely N-dealkylation sites (N-methyl/N-ethyl adjacent to an activating group) is 1. The van der Waals surface area contributed by atoms with Crippen molar-refractivity contribution in [3.05, 3.63) is 72.9 Å². The quantitative estimate of drug-likeness (QED) is 0.0691. The third-order valence-corrected chi connectivity index (χ3v) is 5.22. The Balaban J connectivity index is 3.86. The molecule has 0 rings (SSSR count). The van der Waals surface area contributed by atoms with E-state index in [1.54, 1.807) is 0 Å². The summed E-state index contributed by atoms with van der Waals surface area (Å²) in [5.41, 5.74) is 0. The molecule has 226 valence electrons. The molecule has 0 heterocycles. The van der Waals surface area contributed by atoms with Crippen LogP contribution >= 0.6 is 0 Å². The molecule has 0 radical (unpaired) electrons. The Morgan fingerprint density at radius 2 is 1.20 bits per heavy atom. The van der Waals surface area contributed by atoms with Gasteiger partial charge in [0.1, 0.15) is 19.3 Å². The zero-order chi connectivity index (χ0) is 29.9. The Bertz CT molecular complexity index is 835. The Hall–Kier alpha value is -2.78. The first kappa shape index (κ1) is 37.2. The molecule has 8 nitrogen and oxygen atoms in total. The van der Waals surface area contributed by atoms with Crippen molar-refractivity contribution in [1.82, 2.24) is 0 Å². The van der Waals surface area contributed by atoms with Crippen LogP contribution in [0.1, 0.15) is 58.3 Å². The van der Waals surface area contributed by atoms with Crippen LogP contribution in [0.25, 0.3) is 0 Å². The predicted octanol–water partition coefficient (Wildman–Crippen LogP) is 5.52. The van der Waals surface area contributed by atoms with E-state index in [9.17, 15) is 19.8 Å². The maximum absolute atomic E-state index is 11.9. The van der Waals surface area contributed by atoms with Gasteiger partial charge in [0.15, 0.2) is 0 Å². The van der Waals surface area contributed by atoms with E-state index in [0.29, 0.717) is 17.4 Å². The van der Waals surface area contributed by atoms with Crippen molar-refractivity contribution in [3.8, 4) is 0 Å². The molecule has 2 atom stereocenters. The van der Waals surface area contributed by atoms with Gasteiger partial charge in [-0.15, -0.1) is 0 Å². The first-order valence-electron chi connectivity index (χ1n) is 14.2. The largest absolute Gasteiger partial charge is 0.477 e. The number of esters is 1. The standard InChI is InChI=1S/C32H51NO7/c1-5-6-7-8-9-10-11-12-13-14-15-16-17-18-19-20-21-22-23-24-30(35)39-27-29(34)28-40-32(31(36)37)38-26-25-33(2,3)4/h6-7,9-10,12-13,15-16,18-19,21-22,29,32,34H,5,8,11,14,17,20,23-28H2,1-4H3/p+1/b7-6-,10-9-,13-12-,16-15-,19-18-,22-21-. The minimum atomic E-state index is -1.48. The van der Waals surface area contributed by atoms with Crippen molar-refractivity contribution in [2.45, 2.75) is 70.7 Å². The fourth-order valence-electron chi connectivity index (χ4n) is 2.97. The van der Waals surface area contributed by atoms with Crippen LogP contribution in [0.15, 0.2) is 72.9 Å². The molecular formula is C32H52NO7+. The molecule has 0 aromatic carbocycles. The number of nitrogens with zero attached hydrogens (tertiary/aromatic N) is 1. The van der Waals surface area contributed by atoms with Crippen LogP contribution in [0, 0.1) is 0 Å². The van der Waals surface area contributed by atoms with E-state index in [2.05, 4.69) is 67.7 Å². The monoisotopic (exact) mass is 562 g/mol. The average molecular weight is 563 g/mol. The lowest BCUT2D eigenvalue weighted by atomic mass is 10.2. The highest BCUT2D eigenvalue weighted by molar-refractivity contribution is 5.70. The number of hydrogen-bond acceptors (Lipinski definition) is 6. The summed E-state index contributed by atoms with van der Waals surface area (Å²) in [6, 6.07) is 0. The van der Waals surface area contributed by atoms with Gasteiger partial charge in [-0.1, -0.05) is 79.8 Å². The molecule has 2 unspecified atom stereocenters. The molecule has 0 saturated heterocycles. The molecule has 0 saturated carbocycles. The molecule has 0 spiro atoms. The maximum Gasteiger partial charge on any atom is 0.361 e. The molecule has 0 aliphatic carbocycles. The van der Waals surface area contributed by atoms with E-state index in [1.807, 2.05) is 33.3 Å². The second-order valence-corrected chi connectivity index (χ2v) is 10.2. The fraction of sp³-hybridized carbons (Fsp3) is 0.562. The van der Waals surface area contributed by atoms with Gasteiger partial charge in [0.2, 0.25) is 0 Å². The lowest BCUT2D eigenvalue weighted by Crippen LogP contribution is -2.40. The van der Waals surface area contributed by atoms with Gasteiger partial charge in [0, 0.05) is 6.42 Å². The number of carboxylic acid groups (broad SMARTS) is 1. The number of aliphatic hydroxyl groups is 1. The van der Waals surface area contributed by atoms with E-state index < -0.39 is 24.3 Å². The summed E-state index contributed by atoms with van der Waals surface area (Å²) in [6.45, 7) is 2.35. The number of quaternary nitrogens is 1. The second kappa shape index (κ2) is 25.2. The molecule has 0 aliphatic rings. The van der Waals surface area contributed by atoms with Crippen molar-refractivity contribution in [2.75, 3.05) is 47.5 Å². The molecule has 0 fully saturated rings. The zero-order valence-electron chi connectivity index (χ0n) is 25.0. The van der Waals surface area contributed by atoms with Crippen molar-refractivity contribution >= 4 is 11.9 Å². The molecule has 0 amide bonds. The summed E-state index contributed by atoms with van der Waals surface area (Å²) in [5.74, 6) is -1.71. The summed E-state index contributed by atoms with van der Waals surface area (Å²) in [6.07, 6.45) is 29.3. The smallest absolute Gasteiger partial charge is 0.361 e. The highest BCUT2D eigenvalue weighted by Crippen LogP contribution is 2.02. The van der Waals surface area contributed by atoms with Crippen LogP contribution in [0.2, 0.25) is 0 Å². The molecular weight excluding hydrogens is 510 g/mol. The van der Waals surface area contributed by atoms with Crippen molar-refractivity contribution in [3.63, 3.8) is 0 Å². The summed E-state index contributed by atoms with van der Waals surface area (Å²) < 4.78 is 16.0.